The third kappa shape index (κ3) is 2.75. The molecule has 0 saturated carbocycles. The minimum atomic E-state index is -3.60. The summed E-state index contributed by atoms with van der Waals surface area (Å²) < 4.78 is 28.4. The summed E-state index contributed by atoms with van der Waals surface area (Å²) in [6.45, 7) is 4.29. The highest BCUT2D eigenvalue weighted by Crippen LogP contribution is 2.40. The number of aryl methyl sites for hydroxylation is 1. The van der Waals surface area contributed by atoms with Crippen LogP contribution in [0.1, 0.15) is 29.7 Å². The van der Waals surface area contributed by atoms with Crippen LogP contribution in [0.15, 0.2) is 77.7 Å². The third-order valence-electron chi connectivity index (χ3n) is 5.10. The maximum atomic E-state index is 13.4. The number of rotatable bonds is 2. The largest absolute Gasteiger partial charge is 0.243 e. The maximum Gasteiger partial charge on any atom is 0.243 e. The zero-order valence-corrected chi connectivity index (χ0v) is 15.7. The Morgan fingerprint density at radius 1 is 0.846 bits per heavy atom. The first-order chi connectivity index (χ1) is 12.5. The Bertz CT molecular complexity index is 1060. The Morgan fingerprint density at radius 2 is 1.46 bits per heavy atom. The van der Waals surface area contributed by atoms with Gasteiger partial charge in [0, 0.05) is 12.6 Å². The van der Waals surface area contributed by atoms with Gasteiger partial charge >= 0.3 is 0 Å². The number of nitrogens with zero attached hydrogens (tertiary/aromatic N) is 1. The smallest absolute Gasteiger partial charge is 0.207 e. The van der Waals surface area contributed by atoms with Crippen LogP contribution >= 0.6 is 0 Å². The molecule has 1 atom stereocenters. The zero-order chi connectivity index (χ0) is 18.3. The summed E-state index contributed by atoms with van der Waals surface area (Å²) >= 11 is 0. The van der Waals surface area contributed by atoms with E-state index in [0.29, 0.717) is 11.4 Å². The van der Waals surface area contributed by atoms with E-state index >= 15 is 0 Å². The lowest BCUT2D eigenvalue weighted by Gasteiger charge is -2.27. The van der Waals surface area contributed by atoms with Crippen LogP contribution in [0.3, 0.4) is 0 Å². The molecule has 0 fully saturated rings. The van der Waals surface area contributed by atoms with E-state index in [2.05, 4.69) is 12.1 Å². The van der Waals surface area contributed by atoms with Gasteiger partial charge in [0.1, 0.15) is 0 Å². The van der Waals surface area contributed by atoms with E-state index in [0.717, 1.165) is 27.8 Å². The van der Waals surface area contributed by atoms with E-state index in [1.807, 2.05) is 62.4 Å². The molecular formula is C22H21NO2S. The van der Waals surface area contributed by atoms with Crippen molar-refractivity contribution in [1.29, 1.82) is 0 Å². The number of sulfonamides is 1. The van der Waals surface area contributed by atoms with Crippen molar-refractivity contribution in [3.8, 4) is 11.1 Å². The molecule has 0 N–H and O–H groups in total. The van der Waals surface area contributed by atoms with Gasteiger partial charge in [0.25, 0.3) is 0 Å². The Labute approximate surface area is 155 Å². The molecule has 1 aliphatic heterocycles. The van der Waals surface area contributed by atoms with Crippen molar-refractivity contribution < 1.29 is 8.42 Å². The SMILES string of the molecule is Cc1ccc(S(=O)(=O)N2Cc3ccccc3-c3ccccc3[C@@H]2C)cc1. The second-order valence-corrected chi connectivity index (χ2v) is 8.67. The minimum absolute atomic E-state index is 0.245. The second-order valence-electron chi connectivity index (χ2n) is 6.78. The van der Waals surface area contributed by atoms with Crippen LogP contribution in [0.4, 0.5) is 0 Å². The molecule has 0 aromatic heterocycles. The van der Waals surface area contributed by atoms with Crippen LogP contribution in [0.5, 0.6) is 0 Å². The van der Waals surface area contributed by atoms with Crippen LogP contribution in [-0.4, -0.2) is 12.7 Å². The molecule has 0 spiro atoms. The molecule has 0 unspecified atom stereocenters. The summed E-state index contributed by atoms with van der Waals surface area (Å²) in [7, 11) is -3.60. The van der Waals surface area contributed by atoms with Crippen LogP contribution in [0.25, 0.3) is 11.1 Å². The monoisotopic (exact) mass is 363 g/mol. The van der Waals surface area contributed by atoms with Crippen molar-refractivity contribution >= 4 is 10.0 Å². The Balaban J connectivity index is 1.90. The maximum absolute atomic E-state index is 13.4. The summed E-state index contributed by atoms with van der Waals surface area (Å²) in [5.74, 6) is 0. The lowest BCUT2D eigenvalue weighted by atomic mass is 9.95. The molecule has 4 rings (SSSR count). The summed E-state index contributed by atoms with van der Waals surface area (Å²) in [6.07, 6.45) is 0. The average Bonchev–Trinajstić information content (AvgIpc) is 2.78. The molecule has 1 heterocycles. The first kappa shape index (κ1) is 17.0. The van der Waals surface area contributed by atoms with Gasteiger partial charge in [-0.25, -0.2) is 8.42 Å². The van der Waals surface area contributed by atoms with Crippen LogP contribution < -0.4 is 0 Å². The van der Waals surface area contributed by atoms with Gasteiger partial charge in [-0.15, -0.1) is 0 Å². The number of hydrogen-bond donors (Lipinski definition) is 0. The summed E-state index contributed by atoms with van der Waals surface area (Å²) in [5, 5.41) is 0. The van der Waals surface area contributed by atoms with E-state index in [1.54, 1.807) is 16.4 Å². The summed E-state index contributed by atoms with van der Waals surface area (Å²) in [4.78, 5) is 0.340. The van der Waals surface area contributed by atoms with Crippen molar-refractivity contribution in [3.05, 3.63) is 89.5 Å². The summed E-state index contributed by atoms with van der Waals surface area (Å²) in [6, 6.07) is 23.0. The van der Waals surface area contributed by atoms with Gasteiger partial charge in [-0.3, -0.25) is 0 Å². The standard InChI is InChI=1S/C22H21NO2S/c1-16-11-13-19(14-12-16)26(24,25)23-15-18-7-3-4-9-21(18)22-10-6-5-8-20(22)17(23)2/h3-14,17H,15H2,1-2H3/t17-/m0/s1. The normalized spacial score (nSPS) is 17.2. The van der Waals surface area contributed by atoms with E-state index < -0.39 is 10.0 Å². The number of hydrogen-bond acceptors (Lipinski definition) is 2. The van der Waals surface area contributed by atoms with Crippen molar-refractivity contribution in [3.63, 3.8) is 0 Å². The quantitative estimate of drug-likeness (QED) is 0.647. The Kier molecular flexibility index (Phi) is 4.17. The molecule has 0 amide bonds. The highest BCUT2D eigenvalue weighted by atomic mass is 32.2. The molecule has 0 aliphatic carbocycles. The first-order valence-corrected chi connectivity index (χ1v) is 10.2. The molecule has 0 radical (unpaired) electrons. The Hall–Kier alpha value is -2.43. The third-order valence-corrected chi connectivity index (χ3v) is 7.03. The van der Waals surface area contributed by atoms with Crippen LogP contribution in [-0.2, 0) is 16.6 Å². The molecular weight excluding hydrogens is 342 g/mol. The molecule has 4 heteroatoms. The van der Waals surface area contributed by atoms with E-state index in [1.165, 1.54) is 0 Å². The zero-order valence-electron chi connectivity index (χ0n) is 14.9. The molecule has 132 valence electrons. The lowest BCUT2D eigenvalue weighted by Crippen LogP contribution is -2.32. The number of fused-ring (bicyclic) bond motifs is 3. The predicted octanol–water partition coefficient (Wildman–Crippen LogP) is 4.93. The van der Waals surface area contributed by atoms with Gasteiger partial charge in [0.15, 0.2) is 0 Å². The molecule has 0 bridgehead atoms. The first-order valence-electron chi connectivity index (χ1n) is 8.74. The van der Waals surface area contributed by atoms with E-state index in [-0.39, 0.29) is 6.04 Å². The fraction of sp³-hybridized carbons (Fsp3) is 0.182. The topological polar surface area (TPSA) is 37.4 Å². The van der Waals surface area contributed by atoms with Crippen LogP contribution in [0, 0.1) is 6.92 Å². The van der Waals surface area contributed by atoms with E-state index in [9.17, 15) is 8.42 Å². The molecule has 3 aromatic rings. The average molecular weight is 363 g/mol. The van der Waals surface area contributed by atoms with Crippen molar-refractivity contribution in [2.75, 3.05) is 0 Å². The van der Waals surface area contributed by atoms with Gasteiger partial charge in [-0.1, -0.05) is 66.2 Å². The van der Waals surface area contributed by atoms with Crippen LogP contribution in [0.2, 0.25) is 0 Å². The summed E-state index contributed by atoms with van der Waals surface area (Å²) in [5.41, 5.74) is 5.32. The van der Waals surface area contributed by atoms with Gasteiger partial charge in [-0.2, -0.15) is 4.31 Å². The molecule has 1 aliphatic rings. The number of benzene rings is 3. The fourth-order valence-corrected chi connectivity index (χ4v) is 5.22. The fourth-order valence-electron chi connectivity index (χ4n) is 3.63. The lowest BCUT2D eigenvalue weighted by molar-refractivity contribution is 0.340. The van der Waals surface area contributed by atoms with Crippen molar-refractivity contribution in [1.82, 2.24) is 4.31 Å². The molecule has 3 nitrogen and oxygen atoms in total. The van der Waals surface area contributed by atoms with E-state index in [4.69, 9.17) is 0 Å². The predicted molar refractivity (Wildman–Crippen MR) is 104 cm³/mol. The molecule has 3 aromatic carbocycles. The van der Waals surface area contributed by atoms with Crippen molar-refractivity contribution in [2.24, 2.45) is 0 Å². The van der Waals surface area contributed by atoms with Crippen molar-refractivity contribution in [2.45, 2.75) is 31.3 Å². The molecule has 0 saturated heterocycles. The van der Waals surface area contributed by atoms with Gasteiger partial charge < -0.3 is 0 Å². The van der Waals surface area contributed by atoms with Gasteiger partial charge in [0.05, 0.1) is 4.90 Å². The van der Waals surface area contributed by atoms with Gasteiger partial charge in [-0.05, 0) is 48.2 Å². The second kappa shape index (κ2) is 6.38. The minimum Gasteiger partial charge on any atom is -0.207 e. The Morgan fingerprint density at radius 3 is 2.19 bits per heavy atom. The highest BCUT2D eigenvalue weighted by Gasteiger charge is 2.34. The molecule has 26 heavy (non-hydrogen) atoms. The van der Waals surface area contributed by atoms with Gasteiger partial charge in [0.2, 0.25) is 10.0 Å². The highest BCUT2D eigenvalue weighted by molar-refractivity contribution is 7.89.